The first-order valence-corrected chi connectivity index (χ1v) is 7.70. The Labute approximate surface area is 127 Å². The predicted molar refractivity (Wildman–Crippen MR) is 84.6 cm³/mol. The third-order valence-electron chi connectivity index (χ3n) is 4.58. The van der Waals surface area contributed by atoms with Gasteiger partial charge in [-0.25, -0.2) is 0 Å². The summed E-state index contributed by atoms with van der Waals surface area (Å²) in [5.41, 5.74) is 0.959. The van der Waals surface area contributed by atoms with Crippen LogP contribution in [-0.2, 0) is 11.2 Å². The average molecular weight is 290 g/mol. The molecule has 0 saturated heterocycles. The van der Waals surface area contributed by atoms with Gasteiger partial charge in [-0.2, -0.15) is 0 Å². The second-order valence-corrected chi connectivity index (χ2v) is 5.79. The van der Waals surface area contributed by atoms with Crippen molar-refractivity contribution in [2.24, 2.45) is 0 Å². The van der Waals surface area contributed by atoms with Gasteiger partial charge in [0.15, 0.2) is 0 Å². The van der Waals surface area contributed by atoms with Crippen molar-refractivity contribution in [3.05, 3.63) is 29.8 Å². The van der Waals surface area contributed by atoms with Crippen LogP contribution in [0.4, 0.5) is 0 Å². The van der Waals surface area contributed by atoms with E-state index in [4.69, 9.17) is 4.74 Å². The number of likely N-dealkylation sites (N-methyl/N-ethyl adjacent to an activating group) is 1. The molecule has 1 aliphatic rings. The summed E-state index contributed by atoms with van der Waals surface area (Å²) >= 11 is 0. The maximum Gasteiger partial charge on any atom is 0.227 e. The van der Waals surface area contributed by atoms with Gasteiger partial charge in [0, 0.05) is 24.7 Å². The molecule has 4 heteroatoms. The number of hydrogen-bond acceptors (Lipinski definition) is 3. The molecule has 0 heterocycles. The predicted octanol–water partition coefficient (Wildman–Crippen LogP) is 2.23. The Bertz CT molecular complexity index is 468. The van der Waals surface area contributed by atoms with Gasteiger partial charge >= 0.3 is 0 Å². The third kappa shape index (κ3) is 3.97. The van der Waals surface area contributed by atoms with E-state index in [1.807, 2.05) is 43.3 Å². The lowest BCUT2D eigenvalue weighted by atomic mass is 9.90. The van der Waals surface area contributed by atoms with Crippen molar-refractivity contribution in [3.8, 4) is 5.75 Å². The normalized spacial score (nSPS) is 21.9. The van der Waals surface area contributed by atoms with Gasteiger partial charge in [-0.3, -0.25) is 4.79 Å². The summed E-state index contributed by atoms with van der Waals surface area (Å²) in [4.78, 5) is 14.4. The zero-order valence-corrected chi connectivity index (χ0v) is 13.3. The molecule has 1 amide bonds. The van der Waals surface area contributed by atoms with Crippen molar-refractivity contribution in [1.29, 1.82) is 0 Å². The number of ether oxygens (including phenoxy) is 1. The highest BCUT2D eigenvalue weighted by molar-refractivity contribution is 5.79. The van der Waals surface area contributed by atoms with E-state index >= 15 is 0 Å². The topological polar surface area (TPSA) is 41.6 Å². The Morgan fingerprint density at radius 1 is 1.29 bits per heavy atom. The minimum absolute atomic E-state index is 0.174. The SMILES string of the molecule is CNC1CCC(N(C)C(=O)Cc2ccccc2OC)CC1. The highest BCUT2D eigenvalue weighted by Crippen LogP contribution is 2.24. The van der Waals surface area contributed by atoms with Crippen LogP contribution in [0.3, 0.4) is 0 Å². The summed E-state index contributed by atoms with van der Waals surface area (Å²) in [6.45, 7) is 0. The van der Waals surface area contributed by atoms with Crippen LogP contribution in [0, 0.1) is 0 Å². The van der Waals surface area contributed by atoms with Crippen molar-refractivity contribution in [2.75, 3.05) is 21.2 Å². The second-order valence-electron chi connectivity index (χ2n) is 5.79. The molecule has 116 valence electrons. The van der Waals surface area contributed by atoms with E-state index in [1.54, 1.807) is 7.11 Å². The molecule has 1 fully saturated rings. The Hall–Kier alpha value is -1.55. The van der Waals surface area contributed by atoms with Gasteiger partial charge in [-0.05, 0) is 38.8 Å². The Morgan fingerprint density at radius 2 is 1.95 bits per heavy atom. The number of carbonyl (C=O) groups excluding carboxylic acids is 1. The highest BCUT2D eigenvalue weighted by atomic mass is 16.5. The summed E-state index contributed by atoms with van der Waals surface area (Å²) < 4.78 is 5.32. The fourth-order valence-electron chi connectivity index (χ4n) is 3.09. The van der Waals surface area contributed by atoms with Crippen LogP contribution in [-0.4, -0.2) is 44.1 Å². The van der Waals surface area contributed by atoms with Crippen LogP contribution in [0.25, 0.3) is 0 Å². The quantitative estimate of drug-likeness (QED) is 0.904. The molecule has 0 unspecified atom stereocenters. The first-order valence-electron chi connectivity index (χ1n) is 7.70. The average Bonchev–Trinajstić information content (AvgIpc) is 2.54. The first-order chi connectivity index (χ1) is 10.2. The smallest absolute Gasteiger partial charge is 0.227 e. The van der Waals surface area contributed by atoms with Crippen molar-refractivity contribution < 1.29 is 9.53 Å². The zero-order valence-electron chi connectivity index (χ0n) is 13.3. The van der Waals surface area contributed by atoms with Gasteiger partial charge in [0.1, 0.15) is 5.75 Å². The fourth-order valence-corrected chi connectivity index (χ4v) is 3.09. The molecule has 0 aliphatic heterocycles. The van der Waals surface area contributed by atoms with Crippen molar-refractivity contribution in [3.63, 3.8) is 0 Å². The van der Waals surface area contributed by atoms with Gasteiger partial charge in [-0.1, -0.05) is 18.2 Å². The minimum atomic E-state index is 0.174. The van der Waals surface area contributed by atoms with Crippen LogP contribution < -0.4 is 10.1 Å². The third-order valence-corrected chi connectivity index (χ3v) is 4.58. The largest absolute Gasteiger partial charge is 0.496 e. The second kappa shape index (κ2) is 7.46. The molecular formula is C17H26N2O2. The van der Waals surface area contributed by atoms with E-state index in [-0.39, 0.29) is 5.91 Å². The zero-order chi connectivity index (χ0) is 15.2. The van der Waals surface area contributed by atoms with E-state index in [0.29, 0.717) is 18.5 Å². The minimum Gasteiger partial charge on any atom is -0.496 e. The number of para-hydroxylation sites is 1. The van der Waals surface area contributed by atoms with Crippen LogP contribution in [0.15, 0.2) is 24.3 Å². The monoisotopic (exact) mass is 290 g/mol. The van der Waals surface area contributed by atoms with Gasteiger partial charge in [0.2, 0.25) is 5.91 Å². The summed E-state index contributed by atoms with van der Waals surface area (Å²) in [6.07, 6.45) is 4.87. The number of rotatable bonds is 5. The Kier molecular flexibility index (Phi) is 5.62. The molecule has 21 heavy (non-hydrogen) atoms. The summed E-state index contributed by atoms with van der Waals surface area (Å²) in [6, 6.07) is 8.72. The number of nitrogens with one attached hydrogen (secondary N) is 1. The first kappa shape index (κ1) is 15.8. The van der Waals surface area contributed by atoms with E-state index in [1.165, 1.54) is 0 Å². The van der Waals surface area contributed by atoms with Crippen LogP contribution >= 0.6 is 0 Å². The van der Waals surface area contributed by atoms with Gasteiger partial charge in [-0.15, -0.1) is 0 Å². The molecule has 0 aromatic heterocycles. The summed E-state index contributed by atoms with van der Waals surface area (Å²) in [5, 5.41) is 3.33. The number of nitrogens with zero attached hydrogens (tertiary/aromatic N) is 1. The molecular weight excluding hydrogens is 264 g/mol. The molecule has 0 atom stereocenters. The number of hydrogen-bond donors (Lipinski definition) is 1. The van der Waals surface area contributed by atoms with Crippen LogP contribution in [0.2, 0.25) is 0 Å². The molecule has 1 saturated carbocycles. The number of methoxy groups -OCH3 is 1. The van der Waals surface area contributed by atoms with Crippen molar-refractivity contribution in [2.45, 2.75) is 44.2 Å². The Balaban J connectivity index is 1.94. The molecule has 0 spiro atoms. The van der Waals surface area contributed by atoms with Crippen LogP contribution in [0.1, 0.15) is 31.2 Å². The van der Waals surface area contributed by atoms with Gasteiger partial charge < -0.3 is 15.0 Å². The van der Waals surface area contributed by atoms with Gasteiger partial charge in [0.25, 0.3) is 0 Å². The van der Waals surface area contributed by atoms with E-state index < -0.39 is 0 Å². The number of benzene rings is 1. The lowest BCUT2D eigenvalue weighted by Crippen LogP contribution is -2.43. The molecule has 2 rings (SSSR count). The van der Waals surface area contributed by atoms with E-state index in [2.05, 4.69) is 5.32 Å². The molecule has 1 aromatic rings. The maximum atomic E-state index is 12.5. The van der Waals surface area contributed by atoms with E-state index in [0.717, 1.165) is 37.0 Å². The molecule has 1 aromatic carbocycles. The van der Waals surface area contributed by atoms with E-state index in [9.17, 15) is 4.79 Å². The molecule has 0 bridgehead atoms. The lowest BCUT2D eigenvalue weighted by molar-refractivity contribution is -0.131. The molecule has 1 aliphatic carbocycles. The van der Waals surface area contributed by atoms with Gasteiger partial charge in [0.05, 0.1) is 13.5 Å². The molecule has 0 radical (unpaired) electrons. The summed E-state index contributed by atoms with van der Waals surface area (Å²) in [7, 11) is 5.59. The molecule has 4 nitrogen and oxygen atoms in total. The lowest BCUT2D eigenvalue weighted by Gasteiger charge is -2.34. The van der Waals surface area contributed by atoms with Crippen molar-refractivity contribution >= 4 is 5.91 Å². The fraction of sp³-hybridized carbons (Fsp3) is 0.588. The highest BCUT2D eigenvalue weighted by Gasteiger charge is 2.26. The van der Waals surface area contributed by atoms with Crippen molar-refractivity contribution in [1.82, 2.24) is 10.2 Å². The molecule has 1 N–H and O–H groups in total. The number of carbonyl (C=O) groups is 1. The maximum absolute atomic E-state index is 12.5. The standard InChI is InChI=1S/C17H26N2O2/c1-18-14-8-10-15(11-9-14)19(2)17(20)12-13-6-4-5-7-16(13)21-3/h4-7,14-15,18H,8-12H2,1-3H3. The number of amides is 1. The summed E-state index contributed by atoms with van der Waals surface area (Å²) in [5.74, 6) is 0.963. The van der Waals surface area contributed by atoms with Crippen LogP contribution in [0.5, 0.6) is 5.75 Å². The Morgan fingerprint density at radius 3 is 2.57 bits per heavy atom.